The number of benzene rings is 1. The summed E-state index contributed by atoms with van der Waals surface area (Å²) in [6.07, 6.45) is 7.59. The van der Waals surface area contributed by atoms with Gasteiger partial charge in [0.25, 0.3) is 0 Å². The van der Waals surface area contributed by atoms with E-state index in [4.69, 9.17) is 0 Å². The molecule has 0 N–H and O–H groups in total. The van der Waals surface area contributed by atoms with Crippen molar-refractivity contribution in [1.29, 1.82) is 0 Å². The van der Waals surface area contributed by atoms with Crippen molar-refractivity contribution in [2.45, 2.75) is 11.8 Å². The lowest BCUT2D eigenvalue weighted by molar-refractivity contribution is 0.989. The number of hydrogen-bond acceptors (Lipinski definition) is 0. The van der Waals surface area contributed by atoms with Gasteiger partial charge in [0, 0.05) is 11.8 Å². The Morgan fingerprint density at radius 2 is 1.00 bits per heavy atom. The molecule has 0 aliphatic heterocycles. The first-order valence-corrected chi connectivity index (χ1v) is 5.37. The van der Waals surface area contributed by atoms with Crippen molar-refractivity contribution in [2.24, 2.45) is 0 Å². The number of hydrogen-bond donors (Lipinski definition) is 0. The molecule has 1 aromatic rings. The summed E-state index contributed by atoms with van der Waals surface area (Å²) in [5, 5.41) is 0. The predicted octanol–water partition coefficient (Wildman–Crippen LogP) is 4.60. The highest BCUT2D eigenvalue weighted by Crippen LogP contribution is 2.29. The average molecular weight is 210 g/mol. The van der Waals surface area contributed by atoms with E-state index in [9.17, 15) is 0 Å². The maximum atomic E-state index is 3.84. The molecule has 1 aromatic carbocycles. The molecule has 0 radical (unpaired) electrons. The van der Waals surface area contributed by atoms with Gasteiger partial charge in [-0.05, 0) is 11.1 Å². The van der Waals surface area contributed by atoms with E-state index in [1.54, 1.807) is 0 Å². The van der Waals surface area contributed by atoms with Crippen LogP contribution in [-0.2, 0) is 0 Å². The van der Waals surface area contributed by atoms with Crippen LogP contribution in [0.3, 0.4) is 0 Å². The molecule has 0 aliphatic rings. The minimum Gasteiger partial charge on any atom is -0.102 e. The van der Waals surface area contributed by atoms with Crippen molar-refractivity contribution in [2.75, 3.05) is 0 Å². The van der Waals surface area contributed by atoms with Gasteiger partial charge in [0.05, 0.1) is 0 Å². The summed E-state index contributed by atoms with van der Waals surface area (Å²) in [4.78, 5) is 0. The molecule has 0 amide bonds. The normalized spacial score (nSPS) is 10.1. The molecule has 0 aliphatic carbocycles. The SMILES string of the molecule is C=CC(C=C)c1ccccc1C(C=C)C=C. The molecule has 0 bridgehead atoms. The number of allylic oxidation sites excluding steroid dienone is 4. The third-order valence-electron chi connectivity index (χ3n) is 2.73. The maximum absolute atomic E-state index is 3.84. The van der Waals surface area contributed by atoms with Gasteiger partial charge in [-0.15, -0.1) is 26.3 Å². The van der Waals surface area contributed by atoms with Crippen molar-refractivity contribution in [3.8, 4) is 0 Å². The summed E-state index contributed by atoms with van der Waals surface area (Å²) in [6, 6.07) is 8.26. The Kier molecular flexibility index (Phi) is 4.53. The van der Waals surface area contributed by atoms with Gasteiger partial charge >= 0.3 is 0 Å². The summed E-state index contributed by atoms with van der Waals surface area (Å²) in [7, 11) is 0. The Labute approximate surface area is 98.3 Å². The van der Waals surface area contributed by atoms with Crippen molar-refractivity contribution >= 4 is 0 Å². The van der Waals surface area contributed by atoms with E-state index in [2.05, 4.69) is 38.4 Å². The highest BCUT2D eigenvalue weighted by atomic mass is 14.2. The second-order valence-corrected chi connectivity index (χ2v) is 3.62. The fourth-order valence-corrected chi connectivity index (χ4v) is 1.82. The van der Waals surface area contributed by atoms with Crippen LogP contribution in [0.15, 0.2) is 74.9 Å². The molecular weight excluding hydrogens is 192 g/mol. The van der Waals surface area contributed by atoms with Gasteiger partial charge in [-0.25, -0.2) is 0 Å². The van der Waals surface area contributed by atoms with Gasteiger partial charge in [-0.1, -0.05) is 48.6 Å². The smallest absolute Gasteiger partial charge is 0.0196 e. The maximum Gasteiger partial charge on any atom is 0.0196 e. The summed E-state index contributed by atoms with van der Waals surface area (Å²) in [5.41, 5.74) is 2.44. The molecule has 82 valence electrons. The fourth-order valence-electron chi connectivity index (χ4n) is 1.82. The van der Waals surface area contributed by atoms with E-state index >= 15 is 0 Å². The van der Waals surface area contributed by atoms with E-state index in [-0.39, 0.29) is 11.8 Å². The molecule has 0 unspecified atom stereocenters. The van der Waals surface area contributed by atoms with Gasteiger partial charge in [0.15, 0.2) is 0 Å². The van der Waals surface area contributed by atoms with E-state index in [0.29, 0.717) is 0 Å². The zero-order chi connectivity index (χ0) is 12.0. The quantitative estimate of drug-likeness (QED) is 0.602. The molecule has 0 fully saturated rings. The van der Waals surface area contributed by atoms with Gasteiger partial charge in [-0.3, -0.25) is 0 Å². The van der Waals surface area contributed by atoms with Crippen LogP contribution in [0, 0.1) is 0 Å². The van der Waals surface area contributed by atoms with Crippen molar-refractivity contribution in [3.05, 3.63) is 86.0 Å². The van der Waals surface area contributed by atoms with Crippen LogP contribution in [0.4, 0.5) is 0 Å². The molecule has 0 saturated carbocycles. The molecule has 16 heavy (non-hydrogen) atoms. The summed E-state index contributed by atoms with van der Waals surface area (Å²) >= 11 is 0. The summed E-state index contributed by atoms with van der Waals surface area (Å²) in [6.45, 7) is 15.3. The zero-order valence-corrected chi connectivity index (χ0v) is 9.60. The number of rotatable bonds is 6. The lowest BCUT2D eigenvalue weighted by atomic mass is 9.87. The largest absolute Gasteiger partial charge is 0.102 e. The topological polar surface area (TPSA) is 0 Å². The second-order valence-electron chi connectivity index (χ2n) is 3.62. The molecular formula is C16H18. The van der Waals surface area contributed by atoms with Crippen molar-refractivity contribution in [3.63, 3.8) is 0 Å². The third kappa shape index (κ3) is 2.40. The monoisotopic (exact) mass is 210 g/mol. The molecule has 0 aromatic heterocycles. The van der Waals surface area contributed by atoms with Gasteiger partial charge in [0.1, 0.15) is 0 Å². The third-order valence-corrected chi connectivity index (χ3v) is 2.73. The lowest BCUT2D eigenvalue weighted by Crippen LogP contribution is -2.00. The van der Waals surface area contributed by atoms with E-state index in [0.717, 1.165) is 0 Å². The first-order chi connectivity index (χ1) is 7.78. The summed E-state index contributed by atoms with van der Waals surface area (Å²) < 4.78 is 0. The Balaban J connectivity index is 3.27. The first kappa shape index (κ1) is 12.3. The minimum absolute atomic E-state index is 0.179. The standard InChI is InChI=1S/C16H18/c1-5-13(6-2)15-11-9-10-12-16(15)14(7-3)8-4/h5-14H,1-4H2. The van der Waals surface area contributed by atoms with Crippen LogP contribution >= 0.6 is 0 Å². The fraction of sp³-hybridized carbons (Fsp3) is 0.125. The highest BCUT2D eigenvalue weighted by molar-refractivity contribution is 5.41. The first-order valence-electron chi connectivity index (χ1n) is 5.37. The van der Waals surface area contributed by atoms with Crippen molar-refractivity contribution < 1.29 is 0 Å². The molecule has 0 atom stereocenters. The van der Waals surface area contributed by atoms with Crippen LogP contribution < -0.4 is 0 Å². The Bertz CT molecular complexity index is 343. The van der Waals surface area contributed by atoms with Crippen LogP contribution in [0.1, 0.15) is 23.0 Å². The van der Waals surface area contributed by atoms with E-state index in [1.165, 1.54) is 11.1 Å². The van der Waals surface area contributed by atoms with Crippen LogP contribution in [0.25, 0.3) is 0 Å². The van der Waals surface area contributed by atoms with E-state index in [1.807, 2.05) is 36.4 Å². The van der Waals surface area contributed by atoms with Gasteiger partial charge < -0.3 is 0 Å². The van der Waals surface area contributed by atoms with Crippen LogP contribution in [-0.4, -0.2) is 0 Å². The Morgan fingerprint density at radius 1 is 0.688 bits per heavy atom. The van der Waals surface area contributed by atoms with Crippen molar-refractivity contribution in [1.82, 2.24) is 0 Å². The highest BCUT2D eigenvalue weighted by Gasteiger charge is 2.12. The van der Waals surface area contributed by atoms with Gasteiger partial charge in [0.2, 0.25) is 0 Å². The van der Waals surface area contributed by atoms with Crippen LogP contribution in [0.2, 0.25) is 0 Å². The predicted molar refractivity (Wildman–Crippen MR) is 72.7 cm³/mol. The van der Waals surface area contributed by atoms with Gasteiger partial charge in [-0.2, -0.15) is 0 Å². The molecule has 0 saturated heterocycles. The Hall–Kier alpha value is -1.82. The average Bonchev–Trinajstić information content (AvgIpc) is 2.34. The van der Waals surface area contributed by atoms with E-state index < -0.39 is 0 Å². The minimum atomic E-state index is 0.179. The lowest BCUT2D eigenvalue weighted by Gasteiger charge is -2.17. The molecule has 0 nitrogen and oxygen atoms in total. The molecule has 0 spiro atoms. The molecule has 0 heteroatoms. The second kappa shape index (κ2) is 5.92. The molecule has 0 heterocycles. The Morgan fingerprint density at radius 3 is 1.25 bits per heavy atom. The molecule has 1 rings (SSSR count). The van der Waals surface area contributed by atoms with Crippen LogP contribution in [0.5, 0.6) is 0 Å². The zero-order valence-electron chi connectivity index (χ0n) is 9.60. The summed E-state index contributed by atoms with van der Waals surface area (Å²) in [5.74, 6) is 0.359.